The summed E-state index contributed by atoms with van der Waals surface area (Å²) in [5.41, 5.74) is -3.34. The maximum absolute atomic E-state index is 12.2. The van der Waals surface area contributed by atoms with Gasteiger partial charge < -0.3 is 9.52 Å². The van der Waals surface area contributed by atoms with E-state index in [9.17, 15) is 18.3 Å². The van der Waals surface area contributed by atoms with Crippen molar-refractivity contribution in [1.29, 1.82) is 0 Å². The molecule has 2 nitrogen and oxygen atoms in total. The molecule has 1 heterocycles. The van der Waals surface area contributed by atoms with Gasteiger partial charge in [-0.1, -0.05) is 6.58 Å². The van der Waals surface area contributed by atoms with Crippen molar-refractivity contribution in [1.82, 2.24) is 0 Å². The first kappa shape index (κ1) is 10.8. The first-order valence-electron chi connectivity index (χ1n) is 3.78. The Labute approximate surface area is 78.7 Å². The van der Waals surface area contributed by atoms with Gasteiger partial charge in [-0.3, -0.25) is 0 Å². The molecule has 0 aromatic carbocycles. The molecule has 0 aliphatic carbocycles. The van der Waals surface area contributed by atoms with Crippen molar-refractivity contribution < 1.29 is 22.7 Å². The third-order valence-corrected chi connectivity index (χ3v) is 2.01. The van der Waals surface area contributed by atoms with Crippen molar-refractivity contribution in [3.63, 3.8) is 0 Å². The average Bonchev–Trinajstić information content (AvgIpc) is 2.53. The molecule has 1 atom stereocenters. The Morgan fingerprint density at radius 3 is 2.43 bits per heavy atom. The molecule has 0 radical (unpaired) electrons. The lowest BCUT2D eigenvalue weighted by Gasteiger charge is -2.25. The molecule has 5 heteroatoms. The van der Waals surface area contributed by atoms with Crippen LogP contribution in [0, 0.1) is 0 Å². The zero-order valence-corrected chi connectivity index (χ0v) is 7.43. The minimum Gasteiger partial charge on any atom is -0.472 e. The van der Waals surface area contributed by atoms with E-state index >= 15 is 0 Å². The molecule has 0 aliphatic rings. The highest BCUT2D eigenvalue weighted by Crippen LogP contribution is 2.38. The summed E-state index contributed by atoms with van der Waals surface area (Å²) >= 11 is 0. The van der Waals surface area contributed by atoms with E-state index in [0.29, 0.717) is 0 Å². The van der Waals surface area contributed by atoms with E-state index in [1.165, 1.54) is 12.3 Å². The number of rotatable bonds is 2. The zero-order chi connectivity index (χ0) is 11.0. The van der Waals surface area contributed by atoms with Crippen LogP contribution in [0.1, 0.15) is 12.5 Å². The normalized spacial score (nSPS) is 16.4. The van der Waals surface area contributed by atoms with E-state index in [0.717, 1.165) is 13.2 Å². The van der Waals surface area contributed by atoms with E-state index in [2.05, 4.69) is 11.0 Å². The SMILES string of the molecule is C=C(C(F)(F)F)C(C)(O)c1ccoc1. The summed E-state index contributed by atoms with van der Waals surface area (Å²) in [4.78, 5) is 0. The molecule has 0 fully saturated rings. The van der Waals surface area contributed by atoms with Gasteiger partial charge in [0, 0.05) is 5.56 Å². The fourth-order valence-electron chi connectivity index (χ4n) is 0.992. The Morgan fingerprint density at radius 1 is 1.50 bits per heavy atom. The van der Waals surface area contributed by atoms with E-state index in [-0.39, 0.29) is 5.56 Å². The number of aliphatic hydroxyl groups is 1. The van der Waals surface area contributed by atoms with E-state index in [1.54, 1.807) is 0 Å². The van der Waals surface area contributed by atoms with Crippen molar-refractivity contribution in [2.24, 2.45) is 0 Å². The Balaban J connectivity index is 3.03. The molecule has 1 aromatic rings. The second-order valence-corrected chi connectivity index (χ2v) is 3.06. The molecule has 0 saturated carbocycles. The third kappa shape index (κ3) is 1.82. The number of halogens is 3. The lowest BCUT2D eigenvalue weighted by atomic mass is 9.90. The van der Waals surface area contributed by atoms with Gasteiger partial charge in [-0.15, -0.1) is 0 Å². The van der Waals surface area contributed by atoms with Crippen LogP contribution < -0.4 is 0 Å². The standard InChI is InChI=1S/C9H9F3O2/c1-6(9(10,11)12)8(2,13)7-3-4-14-5-7/h3-5,13H,1H2,2H3. The Kier molecular flexibility index (Phi) is 2.45. The van der Waals surface area contributed by atoms with E-state index in [1.807, 2.05) is 0 Å². The minimum absolute atomic E-state index is 0.0276. The topological polar surface area (TPSA) is 33.4 Å². The molecule has 1 unspecified atom stereocenters. The summed E-state index contributed by atoms with van der Waals surface area (Å²) in [5, 5.41) is 9.60. The first-order chi connectivity index (χ1) is 6.26. The molecular weight excluding hydrogens is 197 g/mol. The molecule has 14 heavy (non-hydrogen) atoms. The molecule has 0 bridgehead atoms. The highest BCUT2D eigenvalue weighted by Gasteiger charge is 2.44. The van der Waals surface area contributed by atoms with Gasteiger partial charge in [0.2, 0.25) is 0 Å². The van der Waals surface area contributed by atoms with Gasteiger partial charge in [-0.25, -0.2) is 0 Å². The predicted molar refractivity (Wildman–Crippen MR) is 43.5 cm³/mol. The van der Waals surface area contributed by atoms with Crippen LogP contribution in [0.2, 0.25) is 0 Å². The van der Waals surface area contributed by atoms with Crippen molar-refractivity contribution in [3.8, 4) is 0 Å². The summed E-state index contributed by atoms with van der Waals surface area (Å²) in [5.74, 6) is 0. The molecule has 1 aromatic heterocycles. The Bertz CT molecular complexity index is 322. The van der Waals surface area contributed by atoms with E-state index in [4.69, 9.17) is 0 Å². The number of hydrogen-bond donors (Lipinski definition) is 1. The third-order valence-electron chi connectivity index (χ3n) is 2.01. The van der Waals surface area contributed by atoms with Gasteiger partial charge in [-0.05, 0) is 13.0 Å². The van der Waals surface area contributed by atoms with Crippen molar-refractivity contribution in [3.05, 3.63) is 36.3 Å². The summed E-state index contributed by atoms with van der Waals surface area (Å²) in [7, 11) is 0. The van der Waals surface area contributed by atoms with Crippen LogP contribution in [-0.4, -0.2) is 11.3 Å². The second kappa shape index (κ2) is 3.16. The molecule has 0 saturated heterocycles. The van der Waals surface area contributed by atoms with Gasteiger partial charge in [0.05, 0.1) is 18.1 Å². The molecule has 1 rings (SSSR count). The summed E-state index contributed by atoms with van der Waals surface area (Å²) < 4.78 is 41.3. The summed E-state index contributed by atoms with van der Waals surface area (Å²) in [6, 6.07) is 1.26. The summed E-state index contributed by atoms with van der Waals surface area (Å²) in [6.07, 6.45) is -2.38. The van der Waals surface area contributed by atoms with Crippen molar-refractivity contribution >= 4 is 0 Å². The smallest absolute Gasteiger partial charge is 0.415 e. The average molecular weight is 206 g/mol. The highest BCUT2D eigenvalue weighted by atomic mass is 19.4. The Morgan fingerprint density at radius 2 is 2.07 bits per heavy atom. The maximum Gasteiger partial charge on any atom is 0.415 e. The number of furan rings is 1. The Hall–Kier alpha value is -1.23. The van der Waals surface area contributed by atoms with Gasteiger partial charge in [-0.2, -0.15) is 13.2 Å². The van der Waals surface area contributed by atoms with Gasteiger partial charge in [0.1, 0.15) is 5.60 Å². The summed E-state index contributed by atoms with van der Waals surface area (Å²) in [6.45, 7) is 3.86. The largest absolute Gasteiger partial charge is 0.472 e. The molecule has 0 aliphatic heterocycles. The lowest BCUT2D eigenvalue weighted by molar-refractivity contribution is -0.119. The van der Waals surface area contributed by atoms with Gasteiger partial charge in [0.15, 0.2) is 0 Å². The second-order valence-electron chi connectivity index (χ2n) is 3.06. The predicted octanol–water partition coefficient (Wildman–Crippen LogP) is 2.61. The van der Waals surface area contributed by atoms with Crippen LogP contribution in [0.4, 0.5) is 13.2 Å². The minimum atomic E-state index is -4.62. The lowest BCUT2D eigenvalue weighted by Crippen LogP contribution is -2.31. The number of hydrogen-bond acceptors (Lipinski definition) is 2. The van der Waals surface area contributed by atoms with Gasteiger partial charge in [0.25, 0.3) is 0 Å². The fourth-order valence-corrected chi connectivity index (χ4v) is 0.992. The van der Waals surface area contributed by atoms with E-state index < -0.39 is 17.4 Å². The highest BCUT2D eigenvalue weighted by molar-refractivity contribution is 5.29. The van der Waals surface area contributed by atoms with Crippen LogP contribution >= 0.6 is 0 Å². The first-order valence-corrected chi connectivity index (χ1v) is 3.78. The van der Waals surface area contributed by atoms with Crippen molar-refractivity contribution in [2.45, 2.75) is 18.7 Å². The number of alkyl halides is 3. The van der Waals surface area contributed by atoms with Crippen LogP contribution in [0.15, 0.2) is 35.2 Å². The van der Waals surface area contributed by atoms with Crippen LogP contribution in [-0.2, 0) is 5.60 Å². The van der Waals surface area contributed by atoms with Crippen LogP contribution in [0.25, 0.3) is 0 Å². The molecule has 0 amide bonds. The fraction of sp³-hybridized carbons (Fsp3) is 0.333. The quantitative estimate of drug-likeness (QED) is 0.754. The monoisotopic (exact) mass is 206 g/mol. The van der Waals surface area contributed by atoms with Crippen LogP contribution in [0.3, 0.4) is 0 Å². The molecule has 0 spiro atoms. The molecule has 78 valence electrons. The maximum atomic E-state index is 12.2. The van der Waals surface area contributed by atoms with Gasteiger partial charge >= 0.3 is 6.18 Å². The van der Waals surface area contributed by atoms with Crippen molar-refractivity contribution in [2.75, 3.05) is 0 Å². The molecular formula is C9H9F3O2. The molecule has 1 N–H and O–H groups in total. The van der Waals surface area contributed by atoms with Crippen LogP contribution in [0.5, 0.6) is 0 Å². The zero-order valence-electron chi connectivity index (χ0n) is 7.43.